The molecule has 0 aliphatic carbocycles. The average molecular weight is 325 g/mol. The number of nitrogens with zero attached hydrogens (tertiary/aromatic N) is 1. The molecule has 23 heavy (non-hydrogen) atoms. The molecule has 0 fully saturated rings. The molecule has 2 rings (SSSR count). The molecular weight excluding hydrogens is 315 g/mol. The number of carboxylic acids is 1. The molecule has 2 aromatic carbocycles. The highest BCUT2D eigenvalue weighted by atomic mass is 19.4. The SMILES string of the molecule is O=C(O)Cc1ccc(-c2ccc(C(F)(F)F)cc2)cc1[N+](=O)[O-]. The van der Waals surface area contributed by atoms with E-state index in [2.05, 4.69) is 0 Å². The molecular formula is C15H10F3NO4. The minimum atomic E-state index is -4.46. The van der Waals surface area contributed by atoms with E-state index >= 15 is 0 Å². The fraction of sp³-hybridized carbons (Fsp3) is 0.133. The third-order valence-corrected chi connectivity index (χ3v) is 3.17. The number of alkyl halides is 3. The van der Waals surface area contributed by atoms with Gasteiger partial charge in [0.2, 0.25) is 0 Å². The van der Waals surface area contributed by atoms with Gasteiger partial charge in [-0.05, 0) is 23.3 Å². The maximum atomic E-state index is 12.5. The van der Waals surface area contributed by atoms with Crippen LogP contribution in [0.4, 0.5) is 18.9 Å². The highest BCUT2D eigenvalue weighted by Gasteiger charge is 2.30. The summed E-state index contributed by atoms with van der Waals surface area (Å²) in [5.74, 6) is -1.21. The van der Waals surface area contributed by atoms with Crippen molar-refractivity contribution in [2.45, 2.75) is 12.6 Å². The molecule has 8 heteroatoms. The summed E-state index contributed by atoms with van der Waals surface area (Å²) in [6, 6.07) is 8.06. The lowest BCUT2D eigenvalue weighted by atomic mass is 10.00. The molecule has 0 aromatic heterocycles. The van der Waals surface area contributed by atoms with Crippen LogP contribution in [0.3, 0.4) is 0 Å². The molecule has 0 aliphatic rings. The average Bonchev–Trinajstić information content (AvgIpc) is 2.46. The van der Waals surface area contributed by atoms with Crippen LogP contribution in [-0.4, -0.2) is 16.0 Å². The molecule has 0 radical (unpaired) electrons. The second kappa shape index (κ2) is 6.07. The first-order valence-electron chi connectivity index (χ1n) is 6.35. The first-order valence-corrected chi connectivity index (χ1v) is 6.35. The Morgan fingerprint density at radius 2 is 1.65 bits per heavy atom. The number of nitro benzene ring substituents is 1. The molecule has 0 atom stereocenters. The highest BCUT2D eigenvalue weighted by molar-refractivity contribution is 5.74. The first-order chi connectivity index (χ1) is 10.7. The number of carboxylic acid groups (broad SMARTS) is 1. The van der Waals surface area contributed by atoms with E-state index in [4.69, 9.17) is 5.11 Å². The number of aliphatic carboxylic acids is 1. The Morgan fingerprint density at radius 3 is 2.13 bits per heavy atom. The Hall–Kier alpha value is -2.90. The van der Waals surface area contributed by atoms with Crippen LogP contribution in [0.1, 0.15) is 11.1 Å². The molecule has 1 N–H and O–H groups in total. The van der Waals surface area contributed by atoms with Crippen LogP contribution >= 0.6 is 0 Å². The highest BCUT2D eigenvalue weighted by Crippen LogP contribution is 2.32. The maximum Gasteiger partial charge on any atom is 0.416 e. The van der Waals surface area contributed by atoms with Gasteiger partial charge < -0.3 is 5.11 Å². The van der Waals surface area contributed by atoms with Crippen molar-refractivity contribution in [1.29, 1.82) is 0 Å². The van der Waals surface area contributed by atoms with Crippen LogP contribution in [-0.2, 0) is 17.4 Å². The zero-order chi connectivity index (χ0) is 17.2. The third-order valence-electron chi connectivity index (χ3n) is 3.17. The van der Waals surface area contributed by atoms with Crippen molar-refractivity contribution in [3.8, 4) is 11.1 Å². The van der Waals surface area contributed by atoms with Crippen molar-refractivity contribution in [1.82, 2.24) is 0 Å². The number of nitro groups is 1. The molecule has 5 nitrogen and oxygen atoms in total. The monoisotopic (exact) mass is 325 g/mol. The van der Waals surface area contributed by atoms with Crippen LogP contribution in [0, 0.1) is 10.1 Å². The lowest BCUT2D eigenvalue weighted by Gasteiger charge is -2.08. The van der Waals surface area contributed by atoms with Gasteiger partial charge in [0.15, 0.2) is 0 Å². The van der Waals surface area contributed by atoms with Crippen molar-refractivity contribution in [3.05, 3.63) is 63.7 Å². The Bertz CT molecular complexity index is 754. The van der Waals surface area contributed by atoms with Crippen LogP contribution in [0.15, 0.2) is 42.5 Å². The summed E-state index contributed by atoms with van der Waals surface area (Å²) in [6.07, 6.45) is -4.97. The summed E-state index contributed by atoms with van der Waals surface area (Å²) in [7, 11) is 0. The maximum absolute atomic E-state index is 12.5. The molecule has 0 unspecified atom stereocenters. The molecule has 2 aromatic rings. The third kappa shape index (κ3) is 3.85. The van der Waals surface area contributed by atoms with Gasteiger partial charge >= 0.3 is 12.1 Å². The normalized spacial score (nSPS) is 11.3. The molecule has 0 spiro atoms. The molecule has 120 valence electrons. The molecule has 0 heterocycles. The topological polar surface area (TPSA) is 80.4 Å². The fourth-order valence-electron chi connectivity index (χ4n) is 2.08. The van der Waals surface area contributed by atoms with E-state index in [0.29, 0.717) is 11.1 Å². The molecule has 0 bridgehead atoms. The lowest BCUT2D eigenvalue weighted by Crippen LogP contribution is -2.04. The number of benzene rings is 2. The summed E-state index contributed by atoms with van der Waals surface area (Å²) < 4.78 is 37.6. The number of carbonyl (C=O) groups is 1. The first kappa shape index (κ1) is 16.5. The van der Waals surface area contributed by atoms with Crippen LogP contribution in [0.2, 0.25) is 0 Å². The standard InChI is InChI=1S/C15H10F3NO4/c16-15(17,18)12-5-3-9(4-6-12)10-1-2-11(8-14(20)21)13(7-10)19(22)23/h1-7H,8H2,(H,20,21). The van der Waals surface area contributed by atoms with E-state index < -0.39 is 29.1 Å². The summed E-state index contributed by atoms with van der Waals surface area (Å²) in [4.78, 5) is 21.0. The molecule has 0 saturated heterocycles. The van der Waals surface area contributed by atoms with E-state index in [1.807, 2.05) is 0 Å². The second-order valence-corrected chi connectivity index (χ2v) is 4.75. The number of halogens is 3. The van der Waals surface area contributed by atoms with Gasteiger partial charge in [0.05, 0.1) is 16.9 Å². The molecule has 0 saturated carbocycles. The van der Waals surface area contributed by atoms with E-state index in [1.54, 1.807) is 0 Å². The van der Waals surface area contributed by atoms with Crippen LogP contribution in [0.5, 0.6) is 0 Å². The Kier molecular flexibility index (Phi) is 4.35. The van der Waals surface area contributed by atoms with Gasteiger partial charge in [-0.2, -0.15) is 13.2 Å². The van der Waals surface area contributed by atoms with Gasteiger partial charge in [-0.15, -0.1) is 0 Å². The summed E-state index contributed by atoms with van der Waals surface area (Å²) in [6.45, 7) is 0. The number of hydrogen-bond donors (Lipinski definition) is 1. The fourth-order valence-corrected chi connectivity index (χ4v) is 2.08. The molecule has 0 amide bonds. The van der Waals surface area contributed by atoms with E-state index in [9.17, 15) is 28.1 Å². The quantitative estimate of drug-likeness (QED) is 0.683. The summed E-state index contributed by atoms with van der Waals surface area (Å²) in [5, 5.41) is 19.8. The summed E-state index contributed by atoms with van der Waals surface area (Å²) >= 11 is 0. The zero-order valence-corrected chi connectivity index (χ0v) is 11.5. The van der Waals surface area contributed by atoms with E-state index in [0.717, 1.165) is 18.2 Å². The van der Waals surface area contributed by atoms with Gasteiger partial charge in [-0.1, -0.05) is 24.3 Å². The largest absolute Gasteiger partial charge is 0.481 e. The van der Waals surface area contributed by atoms with Crippen molar-refractivity contribution < 1.29 is 28.0 Å². The van der Waals surface area contributed by atoms with Crippen molar-refractivity contribution in [2.75, 3.05) is 0 Å². The van der Waals surface area contributed by atoms with Crippen molar-refractivity contribution >= 4 is 11.7 Å². The number of hydrogen-bond acceptors (Lipinski definition) is 3. The Balaban J connectivity index is 2.42. The predicted octanol–water partition coefficient (Wildman–Crippen LogP) is 3.91. The van der Waals surface area contributed by atoms with Crippen LogP contribution in [0.25, 0.3) is 11.1 Å². The Labute approximate surface area is 128 Å². The van der Waals surface area contributed by atoms with Gasteiger partial charge in [0, 0.05) is 11.6 Å². The van der Waals surface area contributed by atoms with Gasteiger partial charge in [0.25, 0.3) is 5.69 Å². The van der Waals surface area contributed by atoms with Gasteiger partial charge in [-0.3, -0.25) is 14.9 Å². The van der Waals surface area contributed by atoms with E-state index in [-0.39, 0.29) is 11.3 Å². The van der Waals surface area contributed by atoms with Crippen molar-refractivity contribution in [2.24, 2.45) is 0 Å². The smallest absolute Gasteiger partial charge is 0.416 e. The van der Waals surface area contributed by atoms with Crippen LogP contribution < -0.4 is 0 Å². The minimum absolute atomic E-state index is 0.0261. The Morgan fingerprint density at radius 1 is 1.09 bits per heavy atom. The van der Waals surface area contributed by atoms with E-state index in [1.165, 1.54) is 24.3 Å². The van der Waals surface area contributed by atoms with Gasteiger partial charge in [-0.25, -0.2) is 0 Å². The summed E-state index contributed by atoms with van der Waals surface area (Å²) in [5.41, 5.74) is -0.483. The second-order valence-electron chi connectivity index (χ2n) is 4.75. The zero-order valence-electron chi connectivity index (χ0n) is 11.5. The molecule has 0 aliphatic heterocycles. The van der Waals surface area contributed by atoms with Gasteiger partial charge in [0.1, 0.15) is 0 Å². The predicted molar refractivity (Wildman–Crippen MR) is 74.9 cm³/mol. The minimum Gasteiger partial charge on any atom is -0.481 e. The number of rotatable bonds is 4. The van der Waals surface area contributed by atoms with Crippen molar-refractivity contribution in [3.63, 3.8) is 0 Å². The lowest BCUT2D eigenvalue weighted by molar-refractivity contribution is -0.385.